The summed E-state index contributed by atoms with van der Waals surface area (Å²) in [6, 6.07) is 5.71. The molecule has 25 heavy (non-hydrogen) atoms. The summed E-state index contributed by atoms with van der Waals surface area (Å²) in [6.07, 6.45) is 3.49. The van der Waals surface area contributed by atoms with E-state index >= 15 is 0 Å². The topological polar surface area (TPSA) is 124 Å². The minimum atomic E-state index is 0.550. The molecule has 0 spiro atoms. The first-order valence-electron chi connectivity index (χ1n) is 6.76. The normalized spacial score (nSPS) is 8.36. The van der Waals surface area contributed by atoms with Gasteiger partial charge in [0.2, 0.25) is 0 Å². The van der Waals surface area contributed by atoms with E-state index in [0.29, 0.717) is 39.5 Å². The summed E-state index contributed by atoms with van der Waals surface area (Å²) in [5.74, 6) is 0. The molecule has 0 bridgehead atoms. The van der Waals surface area contributed by atoms with Gasteiger partial charge in [-0.3, -0.25) is 23.6 Å². The summed E-state index contributed by atoms with van der Waals surface area (Å²) >= 11 is 4.53. The van der Waals surface area contributed by atoms with Gasteiger partial charge in [-0.2, -0.15) is 0 Å². The van der Waals surface area contributed by atoms with Gasteiger partial charge in [-0.1, -0.05) is 6.07 Å². The number of hydrogen-bond donors (Lipinski definition) is 2. The Morgan fingerprint density at radius 3 is 2.20 bits per heavy atom. The molecule has 0 fully saturated rings. The number of pyridine rings is 1. The number of aliphatic hydroxyl groups is 1. The third-order valence-corrected chi connectivity index (χ3v) is 1.91. The van der Waals surface area contributed by atoms with Crippen molar-refractivity contribution in [2.75, 3.05) is 46.6 Å². The molecule has 0 aliphatic heterocycles. The first-order valence-corrected chi connectivity index (χ1v) is 12.7. The van der Waals surface area contributed by atoms with E-state index in [9.17, 15) is 0 Å². The Labute approximate surface area is 166 Å². The van der Waals surface area contributed by atoms with Crippen LogP contribution in [0.3, 0.4) is 0 Å². The third-order valence-electron chi connectivity index (χ3n) is 1.91. The van der Waals surface area contributed by atoms with Gasteiger partial charge in [-0.05, 0) is 12.1 Å². The average molecular weight is 593 g/mol. The van der Waals surface area contributed by atoms with E-state index < -0.39 is 0 Å². The van der Waals surface area contributed by atoms with Crippen molar-refractivity contribution in [1.82, 2.24) is 4.98 Å². The van der Waals surface area contributed by atoms with E-state index in [1.807, 2.05) is 18.2 Å². The van der Waals surface area contributed by atoms with Crippen LogP contribution in [0.5, 0.6) is 0 Å². The van der Waals surface area contributed by atoms with Gasteiger partial charge in [-0.25, -0.2) is 0 Å². The van der Waals surface area contributed by atoms with Gasteiger partial charge in [-0.15, -0.1) is 0 Å². The van der Waals surface area contributed by atoms with Gasteiger partial charge in [0.25, 0.3) is 0 Å². The van der Waals surface area contributed by atoms with Crippen LogP contribution in [-0.4, -0.2) is 76.5 Å². The summed E-state index contributed by atoms with van der Waals surface area (Å²) < 4.78 is 10.5. The largest absolute Gasteiger partial charge is 0.545 e. The van der Waals surface area contributed by atoms with Crippen LogP contribution in [-0.2, 0) is 36.2 Å². The summed E-state index contributed by atoms with van der Waals surface area (Å²) in [5, 5.41) is 7.00. The Balaban J connectivity index is -0.000000241. The molecule has 3 N–H and O–H groups in total. The second-order valence-corrected chi connectivity index (χ2v) is 3.30. The molecular formula is C15H25BrN3O5Re-2. The predicted octanol–water partition coefficient (Wildman–Crippen LogP) is 0.396. The molecule has 8 nitrogen and oxygen atoms in total. The molecule has 0 aromatic carbocycles. The molecular weight excluding hydrogens is 568 g/mol. The van der Waals surface area contributed by atoms with Crippen molar-refractivity contribution in [3.8, 4) is 0 Å². The fourth-order valence-electron chi connectivity index (χ4n) is 1.13. The van der Waals surface area contributed by atoms with Gasteiger partial charge in [0, 0.05) is 26.1 Å². The standard InChI is InChI=1S/C12H19N3O2.CH4O.2CHO.BrH.Re/c13-4-7-16-9-10-17-8-6-14-11-12-3-1-2-5-15-12;3*1-2;;/h1-3,5,11H,4,6-10,13H2;2H,1H3;2*1H;1H;/q;;2*-1;;+1/p-1. The summed E-state index contributed by atoms with van der Waals surface area (Å²) in [7, 11) is 1.00. The van der Waals surface area contributed by atoms with E-state index in [0.717, 1.165) is 12.8 Å². The van der Waals surface area contributed by atoms with Crippen LogP contribution in [0.2, 0.25) is 0 Å². The first-order chi connectivity index (χ1) is 12.4. The van der Waals surface area contributed by atoms with Gasteiger partial charge in [0.1, 0.15) is 0 Å². The van der Waals surface area contributed by atoms with E-state index in [1.54, 1.807) is 12.4 Å². The minimum Gasteiger partial charge on any atom is -0.545 e. The van der Waals surface area contributed by atoms with Crippen molar-refractivity contribution in [1.29, 1.82) is 0 Å². The van der Waals surface area contributed by atoms with Crippen molar-refractivity contribution in [3.63, 3.8) is 0 Å². The predicted molar refractivity (Wildman–Crippen MR) is 98.0 cm³/mol. The number of aromatic nitrogens is 1. The molecule has 0 amide bonds. The van der Waals surface area contributed by atoms with E-state index in [1.165, 1.54) is 17.2 Å². The number of carbonyl (C=O) groups excluding carboxylic acids is 2. The van der Waals surface area contributed by atoms with E-state index in [4.69, 9.17) is 29.9 Å². The summed E-state index contributed by atoms with van der Waals surface area (Å²) in [6.45, 7) is 10.0. The quantitative estimate of drug-likeness (QED) is 0.184. The second-order valence-electron chi connectivity index (χ2n) is 3.30. The van der Waals surface area contributed by atoms with Gasteiger partial charge < -0.3 is 29.9 Å². The zero-order valence-electron chi connectivity index (χ0n) is 14.1. The van der Waals surface area contributed by atoms with Crippen molar-refractivity contribution in [3.05, 3.63) is 30.1 Å². The molecule has 0 saturated heterocycles. The van der Waals surface area contributed by atoms with Gasteiger partial charge in [0.05, 0.1) is 38.7 Å². The fourth-order valence-corrected chi connectivity index (χ4v) is 1.13. The molecule has 0 unspecified atom stereocenters. The maximum atomic E-state index is 7.75. The Hall–Kier alpha value is -0.858. The summed E-state index contributed by atoms with van der Waals surface area (Å²) in [4.78, 5) is 23.8. The van der Waals surface area contributed by atoms with Crippen LogP contribution >= 0.6 is 13.4 Å². The Bertz CT molecular complexity index is 349. The van der Waals surface area contributed by atoms with E-state index in [-0.39, 0.29) is 0 Å². The van der Waals surface area contributed by atoms with E-state index in [2.05, 4.69) is 37.0 Å². The van der Waals surface area contributed by atoms with Crippen molar-refractivity contribution < 1.29 is 41.4 Å². The maximum absolute atomic E-state index is 7.75. The average Bonchev–Trinajstić information content (AvgIpc) is 2.73. The van der Waals surface area contributed by atoms with Gasteiger partial charge in [0.15, 0.2) is 0 Å². The Morgan fingerprint density at radius 1 is 1.16 bits per heavy atom. The molecule has 1 aromatic heterocycles. The van der Waals surface area contributed by atoms with Crippen LogP contribution in [0.1, 0.15) is 5.69 Å². The Kier molecular flexibility index (Phi) is 49.2. The molecule has 1 aromatic rings. The fraction of sp³-hybridized carbons (Fsp3) is 0.467. The maximum Gasteiger partial charge on any atom is -0.282 e. The zero-order chi connectivity index (χ0) is 20.2. The summed E-state index contributed by atoms with van der Waals surface area (Å²) in [5.41, 5.74) is 6.13. The minimum absolute atomic E-state index is 0.550. The Morgan fingerprint density at radius 2 is 1.72 bits per heavy atom. The number of hydrogen-bond acceptors (Lipinski definition) is 8. The monoisotopic (exact) mass is 593 g/mol. The van der Waals surface area contributed by atoms with Crippen LogP contribution in [0.25, 0.3) is 0 Å². The van der Waals surface area contributed by atoms with Crippen molar-refractivity contribution in [2.45, 2.75) is 0 Å². The molecule has 0 aliphatic rings. The van der Waals surface area contributed by atoms with Crippen molar-refractivity contribution >= 4 is 33.2 Å². The molecule has 1 rings (SSSR count). The molecule has 0 radical (unpaired) electrons. The smallest absolute Gasteiger partial charge is 0.282 e. The molecule has 1 heterocycles. The molecule has 0 aliphatic carbocycles. The number of nitrogens with zero attached hydrogens (tertiary/aromatic N) is 2. The number of aliphatic hydroxyl groups excluding tert-OH is 1. The zero-order valence-corrected chi connectivity index (χ0v) is 18.4. The number of halogens is 1. The van der Waals surface area contributed by atoms with Gasteiger partial charge >= 0.3 is 30.6 Å². The first kappa shape index (κ1) is 31.9. The molecule has 0 saturated carbocycles. The van der Waals surface area contributed by atoms with Crippen LogP contribution in [0, 0.1) is 0 Å². The second kappa shape index (κ2) is 38.6. The third kappa shape index (κ3) is 31.4. The number of rotatable bonds is 9. The van der Waals surface area contributed by atoms with Crippen LogP contribution in [0.15, 0.2) is 29.4 Å². The number of ether oxygens (including phenoxy) is 2. The molecule has 10 heteroatoms. The molecule has 0 atom stereocenters. The number of aliphatic imine (C=N–C) groups is 1. The number of nitrogens with two attached hydrogens (primary N) is 1. The van der Waals surface area contributed by atoms with Crippen LogP contribution in [0.4, 0.5) is 0 Å². The van der Waals surface area contributed by atoms with Crippen LogP contribution < -0.4 is 5.73 Å². The SMILES string of the molecule is CO.NCCOCCOCCN=Cc1ccccn1.[Br][Re].[CH-]=O.[CH-]=O. The van der Waals surface area contributed by atoms with Crippen molar-refractivity contribution in [2.24, 2.45) is 10.7 Å². The molecule has 146 valence electrons.